The minimum absolute atomic E-state index is 0.126. The zero-order valence-electron chi connectivity index (χ0n) is 15.9. The summed E-state index contributed by atoms with van der Waals surface area (Å²) >= 11 is 0. The molecular weight excluding hydrogens is 358 g/mol. The highest BCUT2D eigenvalue weighted by molar-refractivity contribution is 5.68. The molecule has 0 bridgehead atoms. The van der Waals surface area contributed by atoms with Crippen LogP contribution in [0, 0.1) is 10.1 Å². The molecule has 0 saturated carbocycles. The summed E-state index contributed by atoms with van der Waals surface area (Å²) in [4.78, 5) is 22.5. The quantitative estimate of drug-likeness (QED) is 0.409. The third-order valence-electron chi connectivity index (χ3n) is 5.52. The van der Waals surface area contributed by atoms with Gasteiger partial charge >= 0.3 is 0 Å². The lowest BCUT2D eigenvalue weighted by Crippen LogP contribution is -2.45. The maximum atomic E-state index is 11.2. The van der Waals surface area contributed by atoms with Gasteiger partial charge < -0.3 is 21.3 Å². The Bertz CT molecular complexity index is 902. The molecule has 1 atom stereocenters. The van der Waals surface area contributed by atoms with Gasteiger partial charge in [0.25, 0.3) is 5.69 Å². The number of likely N-dealkylation sites (N-methyl/N-ethyl adjacent to an activating group) is 1. The second kappa shape index (κ2) is 7.59. The molecule has 1 fully saturated rings. The van der Waals surface area contributed by atoms with Crippen molar-refractivity contribution in [3.63, 3.8) is 0 Å². The van der Waals surface area contributed by atoms with E-state index in [-0.39, 0.29) is 11.4 Å². The molecule has 0 amide bonds. The molecule has 1 saturated heterocycles. The number of piperidine rings is 1. The maximum Gasteiger partial charge on any atom is 0.294 e. The average molecular weight is 383 g/mol. The van der Waals surface area contributed by atoms with Crippen molar-refractivity contribution >= 4 is 28.8 Å². The molecule has 1 aliphatic carbocycles. The molecule has 9 heteroatoms. The third kappa shape index (κ3) is 3.57. The van der Waals surface area contributed by atoms with Gasteiger partial charge in [-0.2, -0.15) is 4.98 Å². The second-order valence-electron chi connectivity index (χ2n) is 7.38. The summed E-state index contributed by atoms with van der Waals surface area (Å²) in [6.07, 6.45) is 5.30. The van der Waals surface area contributed by atoms with Crippen LogP contribution >= 0.6 is 0 Å². The number of anilines is 4. The van der Waals surface area contributed by atoms with Gasteiger partial charge in [0.2, 0.25) is 5.95 Å². The number of aromatic nitrogens is 2. The standard InChI is InChI=1S/C19H25N7O2/c1-21-13-4-3-9-25(11-13)18-14-5-2-6-16(14)23-19(24-18)22-12-7-8-15(20)17(10-12)26(27)28/h7-8,10,13,21H,2-6,9,11,20H2,1H3,(H,22,23,24)/t13-/m1/s1. The van der Waals surface area contributed by atoms with E-state index in [9.17, 15) is 10.1 Å². The zero-order valence-corrected chi connectivity index (χ0v) is 15.9. The summed E-state index contributed by atoms with van der Waals surface area (Å²) in [5.41, 5.74) is 8.57. The molecule has 4 N–H and O–H groups in total. The van der Waals surface area contributed by atoms with Crippen LogP contribution in [0.1, 0.15) is 30.5 Å². The van der Waals surface area contributed by atoms with Crippen LogP contribution in [0.15, 0.2) is 18.2 Å². The lowest BCUT2D eigenvalue weighted by molar-refractivity contribution is -0.383. The molecule has 0 unspecified atom stereocenters. The number of nitrogens with one attached hydrogen (secondary N) is 2. The number of rotatable bonds is 5. The molecule has 148 valence electrons. The number of hydrogen-bond acceptors (Lipinski definition) is 8. The van der Waals surface area contributed by atoms with Crippen LogP contribution < -0.4 is 21.3 Å². The highest BCUT2D eigenvalue weighted by Gasteiger charge is 2.26. The number of hydrogen-bond donors (Lipinski definition) is 3. The van der Waals surface area contributed by atoms with Gasteiger partial charge in [0.05, 0.1) is 10.6 Å². The fraction of sp³-hybridized carbons (Fsp3) is 0.474. The van der Waals surface area contributed by atoms with E-state index in [4.69, 9.17) is 10.7 Å². The van der Waals surface area contributed by atoms with Gasteiger partial charge in [-0.05, 0) is 51.3 Å². The minimum Gasteiger partial charge on any atom is -0.393 e. The third-order valence-corrected chi connectivity index (χ3v) is 5.52. The van der Waals surface area contributed by atoms with E-state index in [0.717, 1.165) is 50.3 Å². The van der Waals surface area contributed by atoms with Crippen molar-refractivity contribution in [3.05, 3.63) is 39.6 Å². The van der Waals surface area contributed by atoms with Crippen LogP contribution in [-0.4, -0.2) is 41.1 Å². The van der Waals surface area contributed by atoms with E-state index in [1.54, 1.807) is 6.07 Å². The summed E-state index contributed by atoms with van der Waals surface area (Å²) in [5.74, 6) is 1.47. The number of nitrogen functional groups attached to an aromatic ring is 1. The minimum atomic E-state index is -0.485. The Morgan fingerprint density at radius 2 is 2.14 bits per heavy atom. The Balaban J connectivity index is 1.66. The van der Waals surface area contributed by atoms with Crippen molar-refractivity contribution in [1.29, 1.82) is 0 Å². The van der Waals surface area contributed by atoms with E-state index >= 15 is 0 Å². The lowest BCUT2D eigenvalue weighted by Gasteiger charge is -2.34. The van der Waals surface area contributed by atoms with Gasteiger partial charge in [-0.1, -0.05) is 0 Å². The molecule has 9 nitrogen and oxygen atoms in total. The summed E-state index contributed by atoms with van der Waals surface area (Å²) < 4.78 is 0. The first-order valence-electron chi connectivity index (χ1n) is 9.68. The average Bonchev–Trinajstić information content (AvgIpc) is 3.17. The second-order valence-corrected chi connectivity index (χ2v) is 7.38. The summed E-state index contributed by atoms with van der Waals surface area (Å²) in [6.45, 7) is 1.90. The fourth-order valence-corrected chi connectivity index (χ4v) is 4.04. The number of benzene rings is 1. The van der Waals surface area contributed by atoms with Crippen LogP contribution in [0.2, 0.25) is 0 Å². The van der Waals surface area contributed by atoms with Crippen molar-refractivity contribution < 1.29 is 4.92 Å². The predicted octanol–water partition coefficient (Wildman–Crippen LogP) is 2.39. The van der Waals surface area contributed by atoms with Crippen LogP contribution in [0.5, 0.6) is 0 Å². The summed E-state index contributed by atoms with van der Waals surface area (Å²) in [6, 6.07) is 5.11. The van der Waals surface area contributed by atoms with Gasteiger partial charge in [0.1, 0.15) is 11.5 Å². The molecule has 2 aliphatic rings. The van der Waals surface area contributed by atoms with Gasteiger partial charge in [-0.3, -0.25) is 10.1 Å². The fourth-order valence-electron chi connectivity index (χ4n) is 4.04. The molecule has 0 spiro atoms. The molecule has 1 aliphatic heterocycles. The highest BCUT2D eigenvalue weighted by atomic mass is 16.6. The topological polar surface area (TPSA) is 122 Å². The monoisotopic (exact) mass is 383 g/mol. The van der Waals surface area contributed by atoms with Gasteiger partial charge in [-0.25, -0.2) is 4.98 Å². The first kappa shape index (κ1) is 18.4. The largest absolute Gasteiger partial charge is 0.393 e. The Morgan fingerprint density at radius 1 is 1.29 bits per heavy atom. The Labute approximate surface area is 163 Å². The number of nitrogens with zero attached hydrogens (tertiary/aromatic N) is 4. The number of nitro groups is 1. The Morgan fingerprint density at radius 3 is 2.93 bits per heavy atom. The zero-order chi connectivity index (χ0) is 19.7. The molecular formula is C19H25N7O2. The number of nitrogens with two attached hydrogens (primary N) is 1. The molecule has 1 aromatic heterocycles. The van der Waals surface area contributed by atoms with E-state index in [2.05, 4.69) is 20.5 Å². The van der Waals surface area contributed by atoms with Crippen molar-refractivity contribution in [2.75, 3.05) is 36.1 Å². The molecule has 2 aromatic rings. The van der Waals surface area contributed by atoms with Crippen LogP contribution in [0.25, 0.3) is 0 Å². The first-order valence-corrected chi connectivity index (χ1v) is 9.68. The number of nitro benzene ring substituents is 1. The van der Waals surface area contributed by atoms with Gasteiger partial charge in [0.15, 0.2) is 0 Å². The van der Waals surface area contributed by atoms with E-state index in [1.165, 1.54) is 24.1 Å². The summed E-state index contributed by atoms with van der Waals surface area (Å²) in [5, 5.41) is 17.7. The van der Waals surface area contributed by atoms with Crippen molar-refractivity contribution in [1.82, 2.24) is 15.3 Å². The van der Waals surface area contributed by atoms with E-state index < -0.39 is 4.92 Å². The molecule has 28 heavy (non-hydrogen) atoms. The van der Waals surface area contributed by atoms with E-state index in [1.807, 2.05) is 7.05 Å². The smallest absolute Gasteiger partial charge is 0.294 e. The molecule has 2 heterocycles. The maximum absolute atomic E-state index is 11.2. The highest BCUT2D eigenvalue weighted by Crippen LogP contribution is 2.33. The molecule has 1 aromatic carbocycles. The SMILES string of the molecule is CN[C@@H]1CCCN(c2nc(Nc3ccc(N)c([N+](=O)[O-])c3)nc3c2CCC3)C1. The number of aryl methyl sites for hydroxylation is 1. The van der Waals surface area contributed by atoms with Crippen molar-refractivity contribution in [2.45, 2.75) is 38.1 Å². The van der Waals surface area contributed by atoms with Crippen LogP contribution in [0.4, 0.5) is 28.8 Å². The predicted molar refractivity (Wildman–Crippen MR) is 109 cm³/mol. The number of fused-ring (bicyclic) bond motifs is 1. The van der Waals surface area contributed by atoms with Crippen molar-refractivity contribution in [3.8, 4) is 0 Å². The van der Waals surface area contributed by atoms with Crippen molar-refractivity contribution in [2.24, 2.45) is 0 Å². The molecule has 0 radical (unpaired) electrons. The summed E-state index contributed by atoms with van der Waals surface area (Å²) in [7, 11) is 2.00. The first-order chi connectivity index (χ1) is 13.5. The van der Waals surface area contributed by atoms with E-state index in [0.29, 0.717) is 17.7 Å². The lowest BCUT2D eigenvalue weighted by atomic mass is 10.1. The molecule has 4 rings (SSSR count). The van der Waals surface area contributed by atoms with Crippen LogP contribution in [-0.2, 0) is 12.8 Å². The Hall–Kier alpha value is -2.94. The van der Waals surface area contributed by atoms with Gasteiger partial charge in [0, 0.05) is 36.4 Å². The van der Waals surface area contributed by atoms with Crippen LogP contribution in [0.3, 0.4) is 0 Å². The normalized spacial score (nSPS) is 18.8. The van der Waals surface area contributed by atoms with Gasteiger partial charge in [-0.15, -0.1) is 0 Å². The Kier molecular flexibility index (Phi) is 4.99.